The summed E-state index contributed by atoms with van der Waals surface area (Å²) >= 11 is 0. The van der Waals surface area contributed by atoms with Crippen LogP contribution in [0.4, 0.5) is 8.78 Å². The van der Waals surface area contributed by atoms with Crippen molar-refractivity contribution >= 4 is 17.7 Å². The number of carbonyl (C=O) groups excluding carboxylic acids is 3. The van der Waals surface area contributed by atoms with Crippen molar-refractivity contribution in [3.8, 4) is 0 Å². The molecule has 0 radical (unpaired) electrons. The number of carbonyl (C=O) groups is 3. The molecular formula is C28H37F2N5O3. The molecule has 0 aliphatic carbocycles. The van der Waals surface area contributed by atoms with E-state index in [1.807, 2.05) is 44.2 Å². The van der Waals surface area contributed by atoms with Crippen LogP contribution in [0.2, 0.25) is 0 Å². The first-order valence-corrected chi connectivity index (χ1v) is 12.9. The number of nitrogens with one attached hydrogen (secondary N) is 3. The van der Waals surface area contributed by atoms with E-state index in [9.17, 15) is 23.2 Å². The minimum Gasteiger partial charge on any atom is -0.350 e. The number of halogens is 2. The number of rotatable bonds is 10. The van der Waals surface area contributed by atoms with Gasteiger partial charge in [-0.2, -0.15) is 0 Å². The maximum absolute atomic E-state index is 13.7. The SMILES string of the molecule is CN[C@@H](C)C(=O)N[C@H](C(=O)N1CCN(Cc2ccccc2)C[C@H]1C(=O)NCc1cc(F)cc(F)c1)C(C)C. The second kappa shape index (κ2) is 13.4. The van der Waals surface area contributed by atoms with Crippen LogP contribution in [-0.4, -0.2) is 72.3 Å². The van der Waals surface area contributed by atoms with Crippen LogP contribution in [0.15, 0.2) is 48.5 Å². The molecule has 0 bridgehead atoms. The lowest BCUT2D eigenvalue weighted by atomic mass is 9.99. The second-order valence-electron chi connectivity index (χ2n) is 10.0. The fourth-order valence-corrected chi connectivity index (χ4v) is 4.43. The molecule has 1 saturated heterocycles. The van der Waals surface area contributed by atoms with E-state index >= 15 is 0 Å². The Morgan fingerprint density at radius 1 is 0.974 bits per heavy atom. The highest BCUT2D eigenvalue weighted by molar-refractivity contribution is 5.93. The molecule has 0 spiro atoms. The molecular weight excluding hydrogens is 492 g/mol. The second-order valence-corrected chi connectivity index (χ2v) is 10.0. The van der Waals surface area contributed by atoms with Gasteiger partial charge in [0, 0.05) is 38.8 Å². The van der Waals surface area contributed by atoms with Gasteiger partial charge in [0.05, 0.1) is 6.04 Å². The van der Waals surface area contributed by atoms with Crippen molar-refractivity contribution in [1.29, 1.82) is 0 Å². The Morgan fingerprint density at radius 3 is 2.24 bits per heavy atom. The lowest BCUT2D eigenvalue weighted by molar-refractivity contribution is -0.147. The van der Waals surface area contributed by atoms with Gasteiger partial charge in [-0.05, 0) is 43.1 Å². The first-order valence-electron chi connectivity index (χ1n) is 12.9. The van der Waals surface area contributed by atoms with Crippen LogP contribution in [0.3, 0.4) is 0 Å². The van der Waals surface area contributed by atoms with Gasteiger partial charge in [0.15, 0.2) is 0 Å². The van der Waals surface area contributed by atoms with Gasteiger partial charge >= 0.3 is 0 Å². The minimum atomic E-state index is -0.849. The van der Waals surface area contributed by atoms with Crippen molar-refractivity contribution in [2.45, 2.75) is 52.0 Å². The van der Waals surface area contributed by atoms with Crippen LogP contribution < -0.4 is 16.0 Å². The zero-order chi connectivity index (χ0) is 27.8. The number of amides is 3. The quantitative estimate of drug-likeness (QED) is 0.438. The molecule has 206 valence electrons. The molecule has 0 unspecified atom stereocenters. The van der Waals surface area contributed by atoms with Crippen LogP contribution >= 0.6 is 0 Å². The zero-order valence-corrected chi connectivity index (χ0v) is 22.3. The number of hydrogen-bond acceptors (Lipinski definition) is 5. The first-order chi connectivity index (χ1) is 18.1. The van der Waals surface area contributed by atoms with E-state index in [-0.39, 0.29) is 36.4 Å². The summed E-state index contributed by atoms with van der Waals surface area (Å²) in [5, 5.41) is 8.42. The molecule has 38 heavy (non-hydrogen) atoms. The summed E-state index contributed by atoms with van der Waals surface area (Å²) in [6, 6.07) is 10.7. The van der Waals surface area contributed by atoms with Crippen molar-refractivity contribution < 1.29 is 23.2 Å². The van der Waals surface area contributed by atoms with Crippen LogP contribution in [0.25, 0.3) is 0 Å². The highest BCUT2D eigenvalue weighted by Crippen LogP contribution is 2.18. The van der Waals surface area contributed by atoms with Crippen molar-refractivity contribution in [3.05, 3.63) is 71.3 Å². The van der Waals surface area contributed by atoms with Crippen molar-refractivity contribution in [3.63, 3.8) is 0 Å². The van der Waals surface area contributed by atoms with Gasteiger partial charge in [-0.15, -0.1) is 0 Å². The smallest absolute Gasteiger partial charge is 0.246 e. The Hall–Kier alpha value is -3.37. The van der Waals surface area contributed by atoms with Crippen molar-refractivity contribution in [2.75, 3.05) is 26.7 Å². The van der Waals surface area contributed by atoms with Gasteiger partial charge < -0.3 is 20.9 Å². The highest BCUT2D eigenvalue weighted by atomic mass is 19.1. The monoisotopic (exact) mass is 529 g/mol. The zero-order valence-electron chi connectivity index (χ0n) is 22.3. The van der Waals surface area contributed by atoms with Gasteiger partial charge in [0.25, 0.3) is 0 Å². The molecule has 8 nitrogen and oxygen atoms in total. The standard InChI is InChI=1S/C28H37F2N5O3/c1-18(2)25(33-26(36)19(3)31-4)28(38)35-11-10-34(16-20-8-6-5-7-9-20)17-24(35)27(37)32-15-21-12-22(29)14-23(30)13-21/h5-9,12-14,18-19,24-25,31H,10-11,15-17H2,1-4H3,(H,32,37)(H,33,36)/t19-,24-,25-/m0/s1. The molecule has 1 fully saturated rings. The third kappa shape index (κ3) is 7.82. The summed E-state index contributed by atoms with van der Waals surface area (Å²) in [4.78, 5) is 43.3. The molecule has 0 aromatic heterocycles. The maximum Gasteiger partial charge on any atom is 0.246 e. The van der Waals surface area contributed by atoms with Crippen LogP contribution in [0.1, 0.15) is 31.9 Å². The number of piperazine rings is 1. The van der Waals surface area contributed by atoms with E-state index in [0.717, 1.165) is 23.8 Å². The third-order valence-corrected chi connectivity index (χ3v) is 6.75. The Balaban J connectivity index is 1.80. The average molecular weight is 530 g/mol. The normalized spacial score (nSPS) is 17.7. The van der Waals surface area contributed by atoms with E-state index in [0.29, 0.717) is 19.6 Å². The molecule has 1 aliphatic rings. The predicted octanol–water partition coefficient (Wildman–Crippen LogP) is 2.04. The van der Waals surface area contributed by atoms with Crippen molar-refractivity contribution in [2.24, 2.45) is 5.92 Å². The third-order valence-electron chi connectivity index (χ3n) is 6.75. The summed E-state index contributed by atoms with van der Waals surface area (Å²) in [5.41, 5.74) is 1.36. The minimum absolute atomic E-state index is 0.0885. The summed E-state index contributed by atoms with van der Waals surface area (Å²) in [6.07, 6.45) is 0. The predicted molar refractivity (Wildman–Crippen MR) is 141 cm³/mol. The van der Waals surface area contributed by atoms with E-state index < -0.39 is 35.7 Å². The lowest BCUT2D eigenvalue weighted by Gasteiger charge is -2.42. The van der Waals surface area contributed by atoms with Gasteiger partial charge in [0.2, 0.25) is 17.7 Å². The fourth-order valence-electron chi connectivity index (χ4n) is 4.43. The number of benzene rings is 2. The molecule has 3 amide bonds. The van der Waals surface area contributed by atoms with Crippen LogP contribution in [0, 0.1) is 17.6 Å². The Morgan fingerprint density at radius 2 is 1.63 bits per heavy atom. The molecule has 1 aliphatic heterocycles. The molecule has 2 aromatic rings. The van der Waals surface area contributed by atoms with Crippen LogP contribution in [0.5, 0.6) is 0 Å². The summed E-state index contributed by atoms with van der Waals surface area (Å²) in [6.45, 7) is 7.00. The average Bonchev–Trinajstić information content (AvgIpc) is 2.89. The van der Waals surface area contributed by atoms with Gasteiger partial charge in [-0.25, -0.2) is 8.78 Å². The molecule has 3 N–H and O–H groups in total. The molecule has 3 atom stereocenters. The topological polar surface area (TPSA) is 93.8 Å². The van der Waals surface area contributed by atoms with Gasteiger partial charge in [-0.1, -0.05) is 44.2 Å². The van der Waals surface area contributed by atoms with Crippen LogP contribution in [-0.2, 0) is 27.5 Å². The maximum atomic E-state index is 13.7. The molecule has 2 aromatic carbocycles. The van der Waals surface area contributed by atoms with E-state index in [4.69, 9.17) is 0 Å². The van der Waals surface area contributed by atoms with E-state index in [1.54, 1.807) is 14.0 Å². The molecule has 10 heteroatoms. The number of likely N-dealkylation sites (N-methyl/N-ethyl adjacent to an activating group) is 1. The number of hydrogen-bond donors (Lipinski definition) is 3. The van der Waals surface area contributed by atoms with E-state index in [1.165, 1.54) is 4.90 Å². The number of nitrogens with zero attached hydrogens (tertiary/aromatic N) is 2. The molecule has 3 rings (SSSR count). The summed E-state index contributed by atoms with van der Waals surface area (Å²) in [5.74, 6) is -2.76. The van der Waals surface area contributed by atoms with Gasteiger partial charge in [-0.3, -0.25) is 19.3 Å². The Bertz CT molecular complexity index is 1090. The molecule has 0 saturated carbocycles. The van der Waals surface area contributed by atoms with Crippen molar-refractivity contribution in [1.82, 2.24) is 25.8 Å². The fraction of sp³-hybridized carbons (Fsp3) is 0.464. The summed E-state index contributed by atoms with van der Waals surface area (Å²) in [7, 11) is 1.66. The largest absolute Gasteiger partial charge is 0.350 e. The first kappa shape index (κ1) is 29.2. The summed E-state index contributed by atoms with van der Waals surface area (Å²) < 4.78 is 27.3. The lowest BCUT2D eigenvalue weighted by Crippen LogP contribution is -2.64. The van der Waals surface area contributed by atoms with Gasteiger partial charge in [0.1, 0.15) is 23.7 Å². The highest BCUT2D eigenvalue weighted by Gasteiger charge is 2.39. The molecule has 1 heterocycles. The Kier molecular flexibility index (Phi) is 10.3. The Labute approximate surface area is 222 Å². The van der Waals surface area contributed by atoms with E-state index in [2.05, 4.69) is 20.9 Å².